The Bertz CT molecular complexity index is 395. The summed E-state index contributed by atoms with van der Waals surface area (Å²) in [6.45, 7) is 3.40. The second-order valence-electron chi connectivity index (χ2n) is 4.47. The maximum Gasteiger partial charge on any atom is 0.128 e. The van der Waals surface area contributed by atoms with Gasteiger partial charge in [0.05, 0.1) is 0 Å². The first-order valence-corrected chi connectivity index (χ1v) is 6.17. The van der Waals surface area contributed by atoms with E-state index in [2.05, 4.69) is 4.90 Å². The Kier molecular flexibility index (Phi) is 4.29. The van der Waals surface area contributed by atoms with Crippen LogP contribution in [0.2, 0.25) is 0 Å². The minimum Gasteiger partial charge on any atom is -0.327 e. The molecule has 1 aromatic carbocycles. The molecule has 1 aliphatic heterocycles. The first-order chi connectivity index (χ1) is 8.29. The molecule has 0 radical (unpaired) electrons. The Balaban J connectivity index is 2.05. The number of likely N-dealkylation sites (tertiary alicyclic amines) is 1. The molecule has 1 heterocycles. The third-order valence-corrected chi connectivity index (χ3v) is 3.12. The molecule has 0 spiro atoms. The fraction of sp³-hybridized carbons (Fsp3) is 0.429. The normalized spacial score (nSPS) is 17.1. The first-order valence-electron chi connectivity index (χ1n) is 6.17. The lowest BCUT2D eigenvalue weighted by molar-refractivity contribution is 0.325. The van der Waals surface area contributed by atoms with Gasteiger partial charge in [-0.2, -0.15) is 0 Å². The van der Waals surface area contributed by atoms with E-state index in [4.69, 9.17) is 5.73 Å². The molecule has 0 atom stereocenters. The molecule has 0 aliphatic carbocycles. The second-order valence-corrected chi connectivity index (χ2v) is 4.47. The minimum absolute atomic E-state index is 0.115. The van der Waals surface area contributed by atoms with Crippen molar-refractivity contribution in [3.8, 4) is 0 Å². The van der Waals surface area contributed by atoms with E-state index in [-0.39, 0.29) is 5.82 Å². The molecule has 0 bridgehead atoms. The van der Waals surface area contributed by atoms with Crippen molar-refractivity contribution in [2.75, 3.05) is 19.6 Å². The van der Waals surface area contributed by atoms with Crippen molar-refractivity contribution in [1.82, 2.24) is 4.90 Å². The summed E-state index contributed by atoms with van der Waals surface area (Å²) >= 11 is 0. The lowest BCUT2D eigenvalue weighted by Gasteiger charge is -2.15. The van der Waals surface area contributed by atoms with Crippen LogP contribution in [0.25, 0.3) is 6.08 Å². The van der Waals surface area contributed by atoms with Crippen LogP contribution >= 0.6 is 0 Å². The Hall–Kier alpha value is -1.19. The van der Waals surface area contributed by atoms with Crippen LogP contribution in [-0.4, -0.2) is 24.5 Å². The molecule has 0 saturated carbocycles. The smallest absolute Gasteiger partial charge is 0.128 e. The van der Waals surface area contributed by atoms with Crippen LogP contribution in [0.3, 0.4) is 0 Å². The summed E-state index contributed by atoms with van der Waals surface area (Å²) in [6.07, 6.45) is 6.15. The van der Waals surface area contributed by atoms with Gasteiger partial charge in [-0.1, -0.05) is 24.3 Å². The predicted octanol–water partition coefficient (Wildman–Crippen LogP) is 2.39. The van der Waals surface area contributed by atoms with E-state index in [0.29, 0.717) is 6.54 Å². The SMILES string of the molecule is NC/C=C/c1ccc(CN2CCCC2)c(F)c1. The van der Waals surface area contributed by atoms with Crippen molar-refractivity contribution in [3.63, 3.8) is 0 Å². The maximum absolute atomic E-state index is 13.8. The van der Waals surface area contributed by atoms with Gasteiger partial charge in [0.2, 0.25) is 0 Å². The van der Waals surface area contributed by atoms with Gasteiger partial charge in [-0.05, 0) is 37.6 Å². The van der Waals surface area contributed by atoms with Gasteiger partial charge in [-0.25, -0.2) is 4.39 Å². The van der Waals surface area contributed by atoms with Gasteiger partial charge in [-0.15, -0.1) is 0 Å². The number of nitrogens with two attached hydrogens (primary N) is 1. The van der Waals surface area contributed by atoms with Gasteiger partial charge < -0.3 is 5.73 Å². The van der Waals surface area contributed by atoms with Gasteiger partial charge >= 0.3 is 0 Å². The number of hydrogen-bond donors (Lipinski definition) is 1. The molecule has 1 fully saturated rings. The summed E-state index contributed by atoms with van der Waals surface area (Å²) in [5.41, 5.74) is 7.03. The van der Waals surface area contributed by atoms with Crippen molar-refractivity contribution in [2.24, 2.45) is 5.73 Å². The molecule has 17 heavy (non-hydrogen) atoms. The monoisotopic (exact) mass is 234 g/mol. The number of halogens is 1. The first kappa shape index (κ1) is 12.3. The van der Waals surface area contributed by atoms with Crippen molar-refractivity contribution in [2.45, 2.75) is 19.4 Å². The lowest BCUT2D eigenvalue weighted by Crippen LogP contribution is -2.19. The molecule has 2 rings (SSSR count). The molecule has 0 amide bonds. The fourth-order valence-corrected chi connectivity index (χ4v) is 2.18. The summed E-state index contributed by atoms with van der Waals surface area (Å²) in [6, 6.07) is 5.40. The van der Waals surface area contributed by atoms with Gasteiger partial charge in [0, 0.05) is 18.7 Å². The highest BCUT2D eigenvalue weighted by Crippen LogP contribution is 2.17. The Morgan fingerprint density at radius 2 is 2.06 bits per heavy atom. The zero-order valence-corrected chi connectivity index (χ0v) is 10.0. The third-order valence-electron chi connectivity index (χ3n) is 3.12. The summed E-state index contributed by atoms with van der Waals surface area (Å²) in [5, 5.41) is 0. The van der Waals surface area contributed by atoms with Crippen molar-refractivity contribution in [3.05, 3.63) is 41.2 Å². The largest absolute Gasteiger partial charge is 0.327 e. The number of benzene rings is 1. The van der Waals surface area contributed by atoms with Crippen LogP contribution in [0, 0.1) is 5.82 Å². The summed E-state index contributed by atoms with van der Waals surface area (Å²) < 4.78 is 13.8. The van der Waals surface area contributed by atoms with E-state index >= 15 is 0 Å². The Labute approximate surface area is 102 Å². The number of rotatable bonds is 4. The quantitative estimate of drug-likeness (QED) is 0.866. The van der Waals surface area contributed by atoms with Gasteiger partial charge in [0.25, 0.3) is 0 Å². The molecule has 0 unspecified atom stereocenters. The Morgan fingerprint density at radius 1 is 1.29 bits per heavy atom. The van der Waals surface area contributed by atoms with E-state index in [1.807, 2.05) is 24.3 Å². The molecule has 3 heteroatoms. The van der Waals surface area contributed by atoms with E-state index in [9.17, 15) is 4.39 Å². The average molecular weight is 234 g/mol. The highest BCUT2D eigenvalue weighted by molar-refractivity contribution is 5.50. The van der Waals surface area contributed by atoms with Crippen molar-refractivity contribution in [1.29, 1.82) is 0 Å². The van der Waals surface area contributed by atoms with E-state index in [1.165, 1.54) is 12.8 Å². The maximum atomic E-state index is 13.8. The van der Waals surface area contributed by atoms with Crippen molar-refractivity contribution < 1.29 is 4.39 Å². The molecule has 1 saturated heterocycles. The fourth-order valence-electron chi connectivity index (χ4n) is 2.18. The third kappa shape index (κ3) is 3.38. The Morgan fingerprint density at radius 3 is 2.71 bits per heavy atom. The van der Waals surface area contributed by atoms with Crippen LogP contribution in [0.4, 0.5) is 4.39 Å². The lowest BCUT2D eigenvalue weighted by atomic mass is 10.1. The predicted molar refractivity (Wildman–Crippen MR) is 69.0 cm³/mol. The zero-order valence-electron chi connectivity index (χ0n) is 10.0. The van der Waals surface area contributed by atoms with Crippen LogP contribution in [0.5, 0.6) is 0 Å². The molecule has 1 aliphatic rings. The van der Waals surface area contributed by atoms with E-state index in [0.717, 1.165) is 30.8 Å². The van der Waals surface area contributed by atoms with Gasteiger partial charge in [-0.3, -0.25) is 4.90 Å². The second kappa shape index (κ2) is 5.94. The average Bonchev–Trinajstić information content (AvgIpc) is 2.82. The van der Waals surface area contributed by atoms with Crippen LogP contribution in [0.15, 0.2) is 24.3 Å². The van der Waals surface area contributed by atoms with Gasteiger partial charge in [0.15, 0.2) is 0 Å². The van der Waals surface area contributed by atoms with E-state index < -0.39 is 0 Å². The van der Waals surface area contributed by atoms with E-state index in [1.54, 1.807) is 6.07 Å². The number of nitrogens with zero attached hydrogens (tertiary/aromatic N) is 1. The molecular formula is C14H19FN2. The zero-order chi connectivity index (χ0) is 12.1. The minimum atomic E-state index is -0.115. The molecule has 2 nitrogen and oxygen atoms in total. The van der Waals surface area contributed by atoms with Gasteiger partial charge in [0.1, 0.15) is 5.82 Å². The van der Waals surface area contributed by atoms with Crippen LogP contribution in [-0.2, 0) is 6.54 Å². The molecular weight excluding hydrogens is 215 g/mol. The molecule has 0 aromatic heterocycles. The highest BCUT2D eigenvalue weighted by Gasteiger charge is 2.13. The summed E-state index contributed by atoms with van der Waals surface area (Å²) in [7, 11) is 0. The standard InChI is InChI=1S/C14H19FN2/c15-14-10-12(4-3-7-16)5-6-13(14)11-17-8-1-2-9-17/h3-6,10H,1-2,7-9,11,16H2/b4-3+. The van der Waals surface area contributed by atoms with Crippen LogP contribution < -0.4 is 5.73 Å². The summed E-state index contributed by atoms with van der Waals surface area (Å²) in [5.74, 6) is -0.115. The number of hydrogen-bond acceptors (Lipinski definition) is 2. The topological polar surface area (TPSA) is 29.3 Å². The van der Waals surface area contributed by atoms with Crippen molar-refractivity contribution >= 4 is 6.08 Å². The summed E-state index contributed by atoms with van der Waals surface area (Å²) in [4.78, 5) is 2.30. The van der Waals surface area contributed by atoms with Crippen LogP contribution in [0.1, 0.15) is 24.0 Å². The molecule has 1 aromatic rings. The molecule has 92 valence electrons. The highest BCUT2D eigenvalue weighted by atomic mass is 19.1. The molecule has 2 N–H and O–H groups in total.